The zero-order chi connectivity index (χ0) is 17.6. The van der Waals surface area contributed by atoms with E-state index < -0.39 is 5.97 Å². The van der Waals surface area contributed by atoms with Gasteiger partial charge in [0.2, 0.25) is 0 Å². The lowest BCUT2D eigenvalue weighted by molar-refractivity contribution is 0.0693. The number of rotatable bonds is 6. The second kappa shape index (κ2) is 8.47. The van der Waals surface area contributed by atoms with Gasteiger partial charge in [-0.1, -0.05) is 12.1 Å². The summed E-state index contributed by atoms with van der Waals surface area (Å²) in [6.07, 6.45) is 1.13. The fourth-order valence-corrected chi connectivity index (χ4v) is 3.99. The third-order valence-electron chi connectivity index (χ3n) is 4.54. The molecule has 6 heteroatoms. The number of carbonyl (C=O) groups is 1. The second-order valence-corrected chi connectivity index (χ2v) is 7.36. The van der Waals surface area contributed by atoms with Gasteiger partial charge >= 0.3 is 5.97 Å². The largest absolute Gasteiger partial charge is 0.496 e. The van der Waals surface area contributed by atoms with Crippen LogP contribution in [-0.2, 0) is 13.1 Å². The summed E-state index contributed by atoms with van der Waals surface area (Å²) < 4.78 is 5.14. The highest BCUT2D eigenvalue weighted by Gasteiger charge is 2.17. The highest BCUT2D eigenvalue weighted by Crippen LogP contribution is 2.21. The number of thiophene rings is 1. The molecule has 0 atom stereocenters. The van der Waals surface area contributed by atoms with Crippen LogP contribution in [0, 0.1) is 0 Å². The molecule has 0 radical (unpaired) electrons. The lowest BCUT2D eigenvalue weighted by Crippen LogP contribution is -2.30. The third kappa shape index (κ3) is 4.81. The van der Waals surface area contributed by atoms with Crippen molar-refractivity contribution in [3.05, 3.63) is 51.7 Å². The number of benzene rings is 1. The Hall–Kier alpha value is -1.89. The van der Waals surface area contributed by atoms with E-state index in [1.807, 2.05) is 17.4 Å². The van der Waals surface area contributed by atoms with E-state index in [4.69, 9.17) is 4.74 Å². The van der Waals surface area contributed by atoms with E-state index in [2.05, 4.69) is 27.3 Å². The van der Waals surface area contributed by atoms with E-state index in [1.165, 1.54) is 12.0 Å². The number of hydrogen-bond donors (Lipinski definition) is 1. The average Bonchev–Trinajstić information content (AvgIpc) is 3.02. The van der Waals surface area contributed by atoms with Gasteiger partial charge in [0.05, 0.1) is 7.11 Å². The van der Waals surface area contributed by atoms with Gasteiger partial charge in [-0.3, -0.25) is 9.80 Å². The van der Waals surface area contributed by atoms with Crippen molar-refractivity contribution < 1.29 is 14.6 Å². The van der Waals surface area contributed by atoms with Crippen molar-refractivity contribution in [1.82, 2.24) is 9.80 Å². The maximum absolute atomic E-state index is 11.4. The van der Waals surface area contributed by atoms with Crippen LogP contribution >= 0.6 is 11.3 Å². The van der Waals surface area contributed by atoms with Crippen molar-refractivity contribution >= 4 is 17.3 Å². The van der Waals surface area contributed by atoms with Crippen molar-refractivity contribution in [3.63, 3.8) is 0 Å². The van der Waals surface area contributed by atoms with Crippen LogP contribution in [0.4, 0.5) is 0 Å². The summed E-state index contributed by atoms with van der Waals surface area (Å²) in [5.41, 5.74) is 1.25. The highest BCUT2D eigenvalue weighted by molar-refractivity contribution is 7.09. The van der Waals surface area contributed by atoms with Crippen LogP contribution in [0.5, 0.6) is 5.75 Å². The molecule has 1 N–H and O–H groups in total. The SMILES string of the molecule is COc1ccc(CN2CCCN(Cc3cccs3)CC2)cc1C(=O)O. The van der Waals surface area contributed by atoms with Crippen LogP contribution in [0.1, 0.15) is 27.2 Å². The number of nitrogens with zero attached hydrogens (tertiary/aromatic N) is 2. The van der Waals surface area contributed by atoms with Crippen molar-refractivity contribution in [1.29, 1.82) is 0 Å². The molecular formula is C19H24N2O3S. The van der Waals surface area contributed by atoms with Gasteiger partial charge in [-0.15, -0.1) is 11.3 Å². The highest BCUT2D eigenvalue weighted by atomic mass is 32.1. The first-order chi connectivity index (χ1) is 12.2. The lowest BCUT2D eigenvalue weighted by Gasteiger charge is -2.21. The number of methoxy groups -OCH3 is 1. The van der Waals surface area contributed by atoms with E-state index in [-0.39, 0.29) is 5.56 Å². The summed E-state index contributed by atoms with van der Waals surface area (Å²) in [6.45, 7) is 5.99. The molecule has 1 aliphatic heterocycles. The van der Waals surface area contributed by atoms with E-state index in [9.17, 15) is 9.90 Å². The molecule has 0 spiro atoms. The van der Waals surface area contributed by atoms with Gasteiger partial charge in [-0.05, 0) is 48.7 Å². The van der Waals surface area contributed by atoms with Crippen LogP contribution in [0.15, 0.2) is 35.7 Å². The number of aromatic carboxylic acids is 1. The predicted octanol–water partition coefficient (Wildman–Crippen LogP) is 3.16. The second-order valence-electron chi connectivity index (χ2n) is 6.33. The summed E-state index contributed by atoms with van der Waals surface area (Å²) in [5, 5.41) is 11.5. The van der Waals surface area contributed by atoms with Gasteiger partial charge in [0.1, 0.15) is 11.3 Å². The maximum Gasteiger partial charge on any atom is 0.339 e. The van der Waals surface area contributed by atoms with Gasteiger partial charge in [-0.2, -0.15) is 0 Å². The van der Waals surface area contributed by atoms with Gasteiger partial charge in [0.15, 0.2) is 0 Å². The molecule has 3 rings (SSSR count). The molecule has 0 amide bonds. The minimum absolute atomic E-state index is 0.231. The first kappa shape index (κ1) is 17.9. The minimum atomic E-state index is -0.948. The summed E-state index contributed by atoms with van der Waals surface area (Å²) in [5.74, 6) is -0.536. The summed E-state index contributed by atoms with van der Waals surface area (Å²) >= 11 is 1.81. The summed E-state index contributed by atoms with van der Waals surface area (Å²) in [7, 11) is 1.50. The Labute approximate surface area is 152 Å². The van der Waals surface area contributed by atoms with Crippen LogP contribution < -0.4 is 4.74 Å². The zero-order valence-electron chi connectivity index (χ0n) is 14.5. The molecule has 2 aromatic rings. The molecule has 2 heterocycles. The van der Waals surface area contributed by atoms with E-state index in [1.54, 1.807) is 12.1 Å². The summed E-state index contributed by atoms with van der Waals surface area (Å²) in [4.78, 5) is 17.7. The smallest absolute Gasteiger partial charge is 0.339 e. The quantitative estimate of drug-likeness (QED) is 0.858. The monoisotopic (exact) mass is 360 g/mol. The van der Waals surface area contributed by atoms with Crippen LogP contribution in [-0.4, -0.2) is 54.2 Å². The number of carboxylic acids is 1. The lowest BCUT2D eigenvalue weighted by atomic mass is 10.1. The number of ether oxygens (including phenoxy) is 1. The van der Waals surface area contributed by atoms with Crippen LogP contribution in [0.25, 0.3) is 0 Å². The fourth-order valence-electron chi connectivity index (χ4n) is 3.24. The molecule has 0 aliphatic carbocycles. The molecule has 0 bridgehead atoms. The molecular weight excluding hydrogens is 336 g/mol. The third-order valence-corrected chi connectivity index (χ3v) is 5.40. The Morgan fingerprint density at radius 2 is 1.92 bits per heavy atom. The zero-order valence-corrected chi connectivity index (χ0v) is 15.3. The van der Waals surface area contributed by atoms with Crippen molar-refractivity contribution in [3.8, 4) is 5.75 Å². The van der Waals surface area contributed by atoms with Crippen molar-refractivity contribution in [2.24, 2.45) is 0 Å². The van der Waals surface area contributed by atoms with Crippen LogP contribution in [0.3, 0.4) is 0 Å². The Bertz CT molecular complexity index is 703. The molecule has 0 saturated carbocycles. The molecule has 134 valence electrons. The predicted molar refractivity (Wildman–Crippen MR) is 99.4 cm³/mol. The Kier molecular flexibility index (Phi) is 6.07. The molecule has 1 aliphatic rings. The topological polar surface area (TPSA) is 53.0 Å². The van der Waals surface area contributed by atoms with Gasteiger partial charge in [0.25, 0.3) is 0 Å². The van der Waals surface area contributed by atoms with Gasteiger partial charge < -0.3 is 9.84 Å². The molecule has 1 fully saturated rings. The van der Waals surface area contributed by atoms with Crippen molar-refractivity contribution in [2.75, 3.05) is 33.3 Å². The molecule has 25 heavy (non-hydrogen) atoms. The average molecular weight is 360 g/mol. The Morgan fingerprint density at radius 1 is 1.16 bits per heavy atom. The number of hydrogen-bond acceptors (Lipinski definition) is 5. The Balaban J connectivity index is 1.60. The molecule has 5 nitrogen and oxygen atoms in total. The maximum atomic E-state index is 11.4. The first-order valence-electron chi connectivity index (χ1n) is 8.53. The first-order valence-corrected chi connectivity index (χ1v) is 9.41. The molecule has 1 saturated heterocycles. The standard InChI is InChI=1S/C19H24N2O3S/c1-24-18-6-5-15(12-17(18)19(22)23)13-20-7-3-8-21(10-9-20)14-16-4-2-11-25-16/h2,4-6,11-12H,3,7-10,13-14H2,1H3,(H,22,23). The summed E-state index contributed by atoms with van der Waals surface area (Å²) in [6, 6.07) is 9.74. The van der Waals surface area contributed by atoms with Crippen molar-refractivity contribution in [2.45, 2.75) is 19.5 Å². The van der Waals surface area contributed by atoms with Crippen LogP contribution in [0.2, 0.25) is 0 Å². The van der Waals surface area contributed by atoms with Gasteiger partial charge in [0, 0.05) is 31.1 Å². The van der Waals surface area contributed by atoms with E-state index in [0.29, 0.717) is 5.75 Å². The van der Waals surface area contributed by atoms with E-state index in [0.717, 1.165) is 51.3 Å². The molecule has 1 aromatic carbocycles. The van der Waals surface area contributed by atoms with Gasteiger partial charge in [-0.25, -0.2) is 4.79 Å². The van der Waals surface area contributed by atoms with E-state index >= 15 is 0 Å². The number of carboxylic acid groups (broad SMARTS) is 1. The fraction of sp³-hybridized carbons (Fsp3) is 0.421. The minimum Gasteiger partial charge on any atom is -0.496 e. The molecule has 1 aromatic heterocycles. The Morgan fingerprint density at radius 3 is 2.56 bits per heavy atom. The molecule has 0 unspecified atom stereocenters. The normalized spacial score (nSPS) is 16.5.